The van der Waals surface area contributed by atoms with Crippen LogP contribution in [0.4, 0.5) is 10.5 Å². The van der Waals surface area contributed by atoms with Gasteiger partial charge in [0.25, 0.3) is 0 Å². The van der Waals surface area contributed by atoms with Crippen molar-refractivity contribution >= 4 is 18.0 Å². The van der Waals surface area contributed by atoms with Gasteiger partial charge in [-0.1, -0.05) is 12.1 Å². The van der Waals surface area contributed by atoms with E-state index < -0.39 is 11.7 Å². The second-order valence-electron chi connectivity index (χ2n) is 6.06. The van der Waals surface area contributed by atoms with Gasteiger partial charge < -0.3 is 14.4 Å². The number of hydrazone groups is 1. The summed E-state index contributed by atoms with van der Waals surface area (Å²) in [5.41, 5.74) is 3.90. The van der Waals surface area contributed by atoms with Gasteiger partial charge in [0.15, 0.2) is 0 Å². The summed E-state index contributed by atoms with van der Waals surface area (Å²) in [5.74, 6) is 0. The molecule has 22 heavy (non-hydrogen) atoms. The van der Waals surface area contributed by atoms with E-state index in [-0.39, 0.29) is 0 Å². The molecule has 1 heterocycles. The monoisotopic (exact) mass is 305 g/mol. The van der Waals surface area contributed by atoms with Crippen LogP contribution in [0.3, 0.4) is 0 Å². The zero-order chi connectivity index (χ0) is 16.0. The van der Waals surface area contributed by atoms with Crippen molar-refractivity contribution in [3.63, 3.8) is 0 Å². The average Bonchev–Trinajstić information content (AvgIpc) is 2.47. The molecule has 0 unspecified atom stereocenters. The van der Waals surface area contributed by atoms with E-state index in [0.29, 0.717) is 0 Å². The van der Waals surface area contributed by atoms with E-state index in [4.69, 9.17) is 9.47 Å². The zero-order valence-electron chi connectivity index (χ0n) is 13.3. The Kier molecular flexibility index (Phi) is 5.38. The van der Waals surface area contributed by atoms with Crippen LogP contribution in [-0.4, -0.2) is 44.2 Å². The third kappa shape index (κ3) is 5.37. The lowest BCUT2D eigenvalue weighted by atomic mass is 10.2. The number of ether oxygens (including phenoxy) is 2. The van der Waals surface area contributed by atoms with E-state index in [1.54, 1.807) is 27.0 Å². The fourth-order valence-electron chi connectivity index (χ4n) is 2.05. The molecular weight excluding hydrogens is 282 g/mol. The molecule has 1 saturated heterocycles. The average molecular weight is 305 g/mol. The summed E-state index contributed by atoms with van der Waals surface area (Å²) < 4.78 is 10.4. The van der Waals surface area contributed by atoms with Crippen LogP contribution >= 0.6 is 0 Å². The number of amides is 1. The first kappa shape index (κ1) is 16.3. The van der Waals surface area contributed by atoms with E-state index in [1.807, 2.05) is 24.3 Å². The molecule has 6 nitrogen and oxygen atoms in total. The Morgan fingerprint density at radius 3 is 2.50 bits per heavy atom. The van der Waals surface area contributed by atoms with Crippen LogP contribution in [0.25, 0.3) is 0 Å². The van der Waals surface area contributed by atoms with Crippen molar-refractivity contribution in [3.8, 4) is 0 Å². The van der Waals surface area contributed by atoms with Gasteiger partial charge in [0, 0.05) is 18.8 Å². The molecule has 0 saturated carbocycles. The van der Waals surface area contributed by atoms with Crippen LogP contribution in [0.5, 0.6) is 0 Å². The molecule has 1 N–H and O–H groups in total. The van der Waals surface area contributed by atoms with Crippen molar-refractivity contribution in [2.45, 2.75) is 26.4 Å². The standard InChI is InChI=1S/C16H23N3O3/c1-16(2,3)22-15(20)18-17-12-13-4-6-14(7-5-13)19-8-10-21-11-9-19/h4-7,12H,8-11H2,1-3H3,(H,18,20). The first-order valence-electron chi connectivity index (χ1n) is 7.39. The minimum atomic E-state index is -0.561. The van der Waals surface area contributed by atoms with Crippen LogP contribution in [0, 0.1) is 0 Å². The maximum absolute atomic E-state index is 11.4. The summed E-state index contributed by atoms with van der Waals surface area (Å²) >= 11 is 0. The van der Waals surface area contributed by atoms with E-state index in [2.05, 4.69) is 15.4 Å². The van der Waals surface area contributed by atoms with Crippen molar-refractivity contribution in [1.82, 2.24) is 5.43 Å². The number of rotatable bonds is 3. The molecule has 2 rings (SSSR count). The Morgan fingerprint density at radius 1 is 1.27 bits per heavy atom. The highest BCUT2D eigenvalue weighted by molar-refractivity contribution is 5.81. The van der Waals surface area contributed by atoms with Crippen molar-refractivity contribution in [2.75, 3.05) is 31.2 Å². The van der Waals surface area contributed by atoms with Gasteiger partial charge in [0.1, 0.15) is 5.60 Å². The lowest BCUT2D eigenvalue weighted by Crippen LogP contribution is -2.36. The lowest BCUT2D eigenvalue weighted by Gasteiger charge is -2.28. The summed E-state index contributed by atoms with van der Waals surface area (Å²) in [7, 11) is 0. The van der Waals surface area contributed by atoms with Crippen molar-refractivity contribution in [2.24, 2.45) is 5.10 Å². The molecule has 0 aromatic heterocycles. The lowest BCUT2D eigenvalue weighted by molar-refractivity contribution is 0.0529. The van der Waals surface area contributed by atoms with Crippen molar-refractivity contribution in [3.05, 3.63) is 29.8 Å². The number of benzene rings is 1. The Balaban J connectivity index is 1.85. The molecule has 0 spiro atoms. The van der Waals surface area contributed by atoms with E-state index in [9.17, 15) is 4.79 Å². The van der Waals surface area contributed by atoms with Crippen molar-refractivity contribution in [1.29, 1.82) is 0 Å². The summed E-state index contributed by atoms with van der Waals surface area (Å²) in [5, 5.41) is 3.88. The SMILES string of the molecule is CC(C)(C)OC(=O)NN=Cc1ccc(N2CCOCC2)cc1. The second-order valence-corrected chi connectivity index (χ2v) is 6.06. The summed E-state index contributed by atoms with van der Waals surface area (Å²) in [4.78, 5) is 13.7. The largest absolute Gasteiger partial charge is 0.443 e. The summed E-state index contributed by atoms with van der Waals surface area (Å²) in [6.45, 7) is 8.77. The predicted molar refractivity (Wildman–Crippen MR) is 86.4 cm³/mol. The molecule has 0 bridgehead atoms. The summed E-state index contributed by atoms with van der Waals surface area (Å²) in [6, 6.07) is 8.01. The Morgan fingerprint density at radius 2 is 1.91 bits per heavy atom. The number of anilines is 1. The third-order valence-corrected chi connectivity index (χ3v) is 3.04. The molecule has 0 aliphatic carbocycles. The number of hydrogen-bond acceptors (Lipinski definition) is 5. The fraction of sp³-hybridized carbons (Fsp3) is 0.500. The zero-order valence-corrected chi connectivity index (χ0v) is 13.3. The third-order valence-electron chi connectivity index (χ3n) is 3.04. The number of carbonyl (C=O) groups is 1. The van der Waals surface area contributed by atoms with Gasteiger partial charge in [-0.2, -0.15) is 5.10 Å². The van der Waals surface area contributed by atoms with E-state index >= 15 is 0 Å². The molecule has 1 aliphatic rings. The molecular formula is C16H23N3O3. The number of morpholine rings is 1. The van der Waals surface area contributed by atoms with Gasteiger partial charge in [-0.05, 0) is 38.5 Å². The maximum Gasteiger partial charge on any atom is 0.428 e. The van der Waals surface area contributed by atoms with Crippen LogP contribution < -0.4 is 10.3 Å². The molecule has 120 valence electrons. The molecule has 0 atom stereocenters. The number of nitrogens with one attached hydrogen (secondary N) is 1. The van der Waals surface area contributed by atoms with Crippen LogP contribution in [0.1, 0.15) is 26.3 Å². The fourth-order valence-corrected chi connectivity index (χ4v) is 2.05. The molecule has 1 amide bonds. The minimum Gasteiger partial charge on any atom is -0.443 e. The van der Waals surface area contributed by atoms with E-state index in [1.165, 1.54) is 5.69 Å². The quantitative estimate of drug-likeness (QED) is 0.688. The van der Waals surface area contributed by atoms with Gasteiger partial charge >= 0.3 is 6.09 Å². The topological polar surface area (TPSA) is 63.2 Å². The van der Waals surface area contributed by atoms with Gasteiger partial charge in [-0.25, -0.2) is 10.2 Å². The van der Waals surface area contributed by atoms with E-state index in [0.717, 1.165) is 31.9 Å². The molecule has 1 aromatic rings. The number of hydrogen-bond donors (Lipinski definition) is 1. The normalized spacial score (nSPS) is 15.9. The van der Waals surface area contributed by atoms with Crippen LogP contribution in [0.15, 0.2) is 29.4 Å². The summed E-state index contributed by atoms with van der Waals surface area (Å²) in [6.07, 6.45) is 1.03. The first-order valence-corrected chi connectivity index (χ1v) is 7.39. The first-order chi connectivity index (χ1) is 10.4. The van der Waals surface area contributed by atoms with Gasteiger partial charge in [-0.15, -0.1) is 0 Å². The van der Waals surface area contributed by atoms with Gasteiger partial charge in [0.2, 0.25) is 0 Å². The molecule has 1 fully saturated rings. The maximum atomic E-state index is 11.4. The Bertz CT molecular complexity index is 514. The smallest absolute Gasteiger partial charge is 0.428 e. The second kappa shape index (κ2) is 7.26. The molecule has 0 radical (unpaired) electrons. The van der Waals surface area contributed by atoms with Crippen LogP contribution in [-0.2, 0) is 9.47 Å². The Hall–Kier alpha value is -2.08. The highest BCUT2D eigenvalue weighted by Crippen LogP contribution is 2.15. The highest BCUT2D eigenvalue weighted by atomic mass is 16.6. The van der Waals surface area contributed by atoms with Gasteiger partial charge in [0.05, 0.1) is 19.4 Å². The van der Waals surface area contributed by atoms with Crippen molar-refractivity contribution < 1.29 is 14.3 Å². The highest BCUT2D eigenvalue weighted by Gasteiger charge is 2.15. The van der Waals surface area contributed by atoms with Crippen LogP contribution in [0.2, 0.25) is 0 Å². The minimum absolute atomic E-state index is 0.528. The number of carbonyl (C=O) groups excluding carboxylic acids is 1. The number of nitrogens with zero attached hydrogens (tertiary/aromatic N) is 2. The molecule has 1 aliphatic heterocycles. The Labute approximate surface area is 131 Å². The van der Waals surface area contributed by atoms with Gasteiger partial charge in [-0.3, -0.25) is 0 Å². The molecule has 6 heteroatoms. The molecule has 1 aromatic carbocycles. The predicted octanol–water partition coefficient (Wildman–Crippen LogP) is 2.38.